The lowest BCUT2D eigenvalue weighted by Crippen LogP contribution is -3.00. The highest BCUT2D eigenvalue weighted by Gasteiger charge is 2.02. The molecule has 0 aliphatic rings. The Bertz CT molecular complexity index is 421. The largest absolute Gasteiger partial charge is 1.00 e. The first-order valence-corrected chi connectivity index (χ1v) is 4.36. The van der Waals surface area contributed by atoms with Gasteiger partial charge >= 0.3 is 0 Å². The number of hydrogen-bond acceptors (Lipinski definition) is 0. The van der Waals surface area contributed by atoms with Gasteiger partial charge in [-0.15, -0.1) is 0 Å². The van der Waals surface area contributed by atoms with Crippen LogP contribution in [0.25, 0.3) is 5.69 Å². The van der Waals surface area contributed by atoms with E-state index in [4.69, 9.17) is 0 Å². The summed E-state index contributed by atoms with van der Waals surface area (Å²) in [5.74, 6) is 0. The molecule has 74 valence electrons. The molecule has 1 aromatic heterocycles. The minimum Gasteiger partial charge on any atom is -1.00 e. The topological polar surface area (TPSA) is 8.81 Å². The Hall–Kier alpha value is -0.840. The molecule has 0 saturated carbocycles. The summed E-state index contributed by atoms with van der Waals surface area (Å²) in [4.78, 5) is 0. The van der Waals surface area contributed by atoms with E-state index in [1.807, 2.05) is 17.8 Å². The molecular formula is C11H13IN2. The second kappa shape index (κ2) is 4.59. The van der Waals surface area contributed by atoms with Crippen molar-refractivity contribution in [3.63, 3.8) is 0 Å². The van der Waals surface area contributed by atoms with E-state index in [9.17, 15) is 0 Å². The van der Waals surface area contributed by atoms with E-state index in [-0.39, 0.29) is 24.0 Å². The Balaban J connectivity index is 0.000000980. The van der Waals surface area contributed by atoms with E-state index in [0.29, 0.717) is 0 Å². The zero-order valence-corrected chi connectivity index (χ0v) is 10.5. The van der Waals surface area contributed by atoms with E-state index in [1.54, 1.807) is 0 Å². The molecule has 0 aliphatic carbocycles. The van der Waals surface area contributed by atoms with E-state index in [1.165, 1.54) is 11.3 Å². The number of rotatable bonds is 1. The first-order chi connectivity index (χ1) is 6.25. The number of imidazole rings is 1. The van der Waals surface area contributed by atoms with E-state index < -0.39 is 0 Å². The summed E-state index contributed by atoms with van der Waals surface area (Å²) in [7, 11) is 2.02. The molecule has 0 bridgehead atoms. The highest BCUT2D eigenvalue weighted by molar-refractivity contribution is 5.34. The van der Waals surface area contributed by atoms with Crippen molar-refractivity contribution >= 4 is 0 Å². The zero-order chi connectivity index (χ0) is 9.26. The molecule has 0 N–H and O–H groups in total. The number of benzene rings is 1. The maximum Gasteiger partial charge on any atom is 0.248 e. The van der Waals surface area contributed by atoms with Gasteiger partial charge in [0.15, 0.2) is 0 Å². The van der Waals surface area contributed by atoms with Crippen LogP contribution in [0.5, 0.6) is 0 Å². The summed E-state index contributed by atoms with van der Waals surface area (Å²) in [6, 6.07) is 8.45. The summed E-state index contributed by atoms with van der Waals surface area (Å²) in [5, 5.41) is 0. The van der Waals surface area contributed by atoms with Crippen LogP contribution in [0, 0.1) is 6.92 Å². The second-order valence-electron chi connectivity index (χ2n) is 3.33. The SMILES string of the molecule is Cc1cccc(-n2cc[n+](C)c2)c1.[I-]. The Labute approximate surface area is 101 Å². The minimum atomic E-state index is 0. The molecule has 0 aliphatic heterocycles. The molecule has 0 radical (unpaired) electrons. The fourth-order valence-corrected chi connectivity index (χ4v) is 1.39. The Morgan fingerprint density at radius 3 is 2.64 bits per heavy atom. The van der Waals surface area contributed by atoms with Gasteiger partial charge in [-0.2, -0.15) is 0 Å². The molecular weight excluding hydrogens is 287 g/mol. The van der Waals surface area contributed by atoms with Gasteiger partial charge in [0.2, 0.25) is 6.33 Å². The van der Waals surface area contributed by atoms with E-state index in [0.717, 1.165) is 0 Å². The van der Waals surface area contributed by atoms with Crippen LogP contribution in [0.4, 0.5) is 0 Å². The molecule has 3 heteroatoms. The van der Waals surface area contributed by atoms with Gasteiger partial charge in [-0.1, -0.05) is 12.1 Å². The zero-order valence-electron chi connectivity index (χ0n) is 8.31. The predicted octanol–water partition coefficient (Wildman–Crippen LogP) is -1.39. The van der Waals surface area contributed by atoms with Crippen LogP contribution in [0.1, 0.15) is 5.56 Å². The van der Waals surface area contributed by atoms with Crippen LogP contribution < -0.4 is 28.5 Å². The standard InChI is InChI=1S/C11H13N2.HI/c1-10-4-3-5-11(8-10)13-7-6-12(2)9-13;/h3-9H,1-2H3;1H/q+1;/p-1. The van der Waals surface area contributed by atoms with Crippen molar-refractivity contribution in [3.05, 3.63) is 48.5 Å². The summed E-state index contributed by atoms with van der Waals surface area (Å²) in [6.45, 7) is 2.10. The minimum absolute atomic E-state index is 0. The predicted molar refractivity (Wildman–Crippen MR) is 51.7 cm³/mol. The molecule has 2 nitrogen and oxygen atoms in total. The van der Waals surface area contributed by atoms with Gasteiger partial charge in [0, 0.05) is 0 Å². The fraction of sp³-hybridized carbons (Fsp3) is 0.182. The maximum atomic E-state index is 2.17. The van der Waals surface area contributed by atoms with Gasteiger partial charge < -0.3 is 24.0 Å². The number of nitrogens with zero attached hydrogens (tertiary/aromatic N) is 2. The van der Waals surface area contributed by atoms with Gasteiger partial charge in [0.25, 0.3) is 0 Å². The Kier molecular flexibility index (Phi) is 3.69. The Morgan fingerprint density at radius 2 is 2.07 bits per heavy atom. The van der Waals surface area contributed by atoms with Gasteiger partial charge in [-0.05, 0) is 24.6 Å². The monoisotopic (exact) mass is 300 g/mol. The first kappa shape index (κ1) is 11.2. The molecule has 0 spiro atoms. The van der Waals surface area contributed by atoms with Crippen LogP contribution in [0.3, 0.4) is 0 Å². The second-order valence-corrected chi connectivity index (χ2v) is 3.33. The van der Waals surface area contributed by atoms with Gasteiger partial charge in [-0.25, -0.2) is 9.13 Å². The molecule has 2 aromatic rings. The fourth-order valence-electron chi connectivity index (χ4n) is 1.39. The Morgan fingerprint density at radius 1 is 1.29 bits per heavy atom. The molecule has 0 saturated heterocycles. The van der Waals surface area contributed by atoms with Crippen LogP contribution in [-0.4, -0.2) is 4.57 Å². The quantitative estimate of drug-likeness (QED) is 0.453. The molecule has 1 heterocycles. The normalized spacial score (nSPS) is 9.57. The highest BCUT2D eigenvalue weighted by atomic mass is 127. The van der Waals surface area contributed by atoms with E-state index >= 15 is 0 Å². The van der Waals surface area contributed by atoms with Crippen molar-refractivity contribution in [1.29, 1.82) is 0 Å². The van der Waals surface area contributed by atoms with E-state index in [2.05, 4.69) is 48.3 Å². The third-order valence-electron chi connectivity index (χ3n) is 2.07. The van der Waals surface area contributed by atoms with Crippen molar-refractivity contribution in [2.75, 3.05) is 0 Å². The van der Waals surface area contributed by atoms with Crippen molar-refractivity contribution in [3.8, 4) is 5.69 Å². The maximum absolute atomic E-state index is 2.17. The summed E-state index contributed by atoms with van der Waals surface area (Å²) >= 11 is 0. The van der Waals surface area contributed by atoms with Gasteiger partial charge in [0.05, 0.1) is 7.05 Å². The molecule has 0 amide bonds. The van der Waals surface area contributed by atoms with Gasteiger partial charge in [-0.3, -0.25) is 0 Å². The third kappa shape index (κ3) is 2.35. The number of aryl methyl sites for hydroxylation is 2. The number of halogens is 1. The first-order valence-electron chi connectivity index (χ1n) is 4.36. The van der Waals surface area contributed by atoms with Gasteiger partial charge in [0.1, 0.15) is 18.1 Å². The molecule has 0 atom stereocenters. The van der Waals surface area contributed by atoms with Crippen molar-refractivity contribution in [2.45, 2.75) is 6.92 Å². The van der Waals surface area contributed by atoms with Crippen molar-refractivity contribution in [1.82, 2.24) is 4.57 Å². The summed E-state index contributed by atoms with van der Waals surface area (Å²) in [5.41, 5.74) is 2.49. The van der Waals surface area contributed by atoms with Crippen molar-refractivity contribution < 1.29 is 28.5 Å². The average Bonchev–Trinajstić information content (AvgIpc) is 2.52. The molecule has 14 heavy (non-hydrogen) atoms. The van der Waals surface area contributed by atoms with Crippen LogP contribution in [-0.2, 0) is 7.05 Å². The number of aromatic nitrogens is 2. The molecule has 0 fully saturated rings. The number of hydrogen-bond donors (Lipinski definition) is 0. The smallest absolute Gasteiger partial charge is 0.248 e. The van der Waals surface area contributed by atoms with Crippen LogP contribution in [0.15, 0.2) is 43.0 Å². The molecule has 1 aromatic carbocycles. The molecule has 2 rings (SSSR count). The third-order valence-corrected chi connectivity index (χ3v) is 2.07. The lowest BCUT2D eigenvalue weighted by atomic mass is 10.2. The average molecular weight is 300 g/mol. The van der Waals surface area contributed by atoms with Crippen molar-refractivity contribution in [2.24, 2.45) is 7.05 Å². The van der Waals surface area contributed by atoms with Crippen LogP contribution >= 0.6 is 0 Å². The highest BCUT2D eigenvalue weighted by Crippen LogP contribution is 2.08. The lowest BCUT2D eigenvalue weighted by Gasteiger charge is -1.95. The van der Waals surface area contributed by atoms with Crippen LogP contribution in [0.2, 0.25) is 0 Å². The summed E-state index contributed by atoms with van der Waals surface area (Å²) in [6.07, 6.45) is 6.13. The summed E-state index contributed by atoms with van der Waals surface area (Å²) < 4.78 is 4.13. The lowest BCUT2D eigenvalue weighted by molar-refractivity contribution is -0.670. The molecule has 0 unspecified atom stereocenters.